The molecule has 0 spiro atoms. The quantitative estimate of drug-likeness (QED) is 0.270. The van der Waals surface area contributed by atoms with E-state index in [9.17, 15) is 20.0 Å². The van der Waals surface area contributed by atoms with Gasteiger partial charge in [-0.25, -0.2) is 0 Å². The second kappa shape index (κ2) is 9.58. The molecular formula is C12H21NO5. The van der Waals surface area contributed by atoms with Crippen LogP contribution < -0.4 is 0 Å². The van der Waals surface area contributed by atoms with Gasteiger partial charge in [-0.1, -0.05) is 31.9 Å². The number of unbranched alkanes of at least 4 members (excludes halogenated alkanes) is 3. The van der Waals surface area contributed by atoms with Gasteiger partial charge in [-0.2, -0.15) is 0 Å². The molecule has 6 heteroatoms. The highest BCUT2D eigenvalue weighted by Gasteiger charge is 2.30. The van der Waals surface area contributed by atoms with E-state index in [1.165, 1.54) is 0 Å². The molecule has 0 fully saturated rings. The van der Waals surface area contributed by atoms with Crippen molar-refractivity contribution in [2.24, 2.45) is 0 Å². The minimum absolute atomic E-state index is 0.0631. The fourth-order valence-corrected chi connectivity index (χ4v) is 1.56. The van der Waals surface area contributed by atoms with E-state index in [1.54, 1.807) is 6.08 Å². The lowest BCUT2D eigenvalue weighted by Crippen LogP contribution is -2.34. The molecule has 0 bridgehead atoms. The molecule has 0 aliphatic rings. The Morgan fingerprint density at radius 2 is 2.06 bits per heavy atom. The van der Waals surface area contributed by atoms with Crippen LogP contribution in [0.25, 0.3) is 0 Å². The van der Waals surface area contributed by atoms with Gasteiger partial charge in [0, 0.05) is 11.3 Å². The molecule has 0 aromatic carbocycles. The third-order valence-corrected chi connectivity index (χ3v) is 2.62. The summed E-state index contributed by atoms with van der Waals surface area (Å²) in [6, 6.07) is -1.25. The fourth-order valence-electron chi connectivity index (χ4n) is 1.56. The van der Waals surface area contributed by atoms with Crippen LogP contribution in [-0.4, -0.2) is 33.3 Å². The maximum atomic E-state index is 10.7. The number of hydrogen-bond donors (Lipinski definition) is 2. The first-order chi connectivity index (χ1) is 8.49. The lowest BCUT2D eigenvalue weighted by Gasteiger charge is -2.12. The molecule has 6 nitrogen and oxygen atoms in total. The smallest absolute Gasteiger partial charge is 0.306 e. The normalized spacial score (nSPS) is 14.6. The summed E-state index contributed by atoms with van der Waals surface area (Å²) in [5.74, 6) is -1.23. The minimum atomic E-state index is -1.45. The maximum absolute atomic E-state index is 10.7. The van der Waals surface area contributed by atoms with Gasteiger partial charge in [0.25, 0.3) is 0 Å². The Kier molecular flexibility index (Phi) is 8.82. The van der Waals surface area contributed by atoms with Crippen molar-refractivity contribution in [2.75, 3.05) is 0 Å². The average Bonchev–Trinajstić information content (AvgIpc) is 2.26. The molecular weight excluding hydrogens is 238 g/mol. The van der Waals surface area contributed by atoms with Gasteiger partial charge < -0.3 is 10.2 Å². The second-order valence-electron chi connectivity index (χ2n) is 4.22. The number of aliphatic hydroxyl groups is 1. The van der Waals surface area contributed by atoms with E-state index in [4.69, 9.17) is 5.11 Å². The van der Waals surface area contributed by atoms with Gasteiger partial charge in [0.05, 0.1) is 6.42 Å². The zero-order valence-corrected chi connectivity index (χ0v) is 10.6. The van der Waals surface area contributed by atoms with Crippen LogP contribution in [-0.2, 0) is 4.79 Å². The maximum Gasteiger partial charge on any atom is 0.306 e. The van der Waals surface area contributed by atoms with Crippen molar-refractivity contribution in [2.45, 2.75) is 57.6 Å². The number of nitro groups is 1. The first-order valence-electron chi connectivity index (χ1n) is 6.17. The summed E-state index contributed by atoms with van der Waals surface area (Å²) in [5.41, 5.74) is 0. The van der Waals surface area contributed by atoms with Crippen LogP contribution >= 0.6 is 0 Å². The molecule has 0 aliphatic carbocycles. The summed E-state index contributed by atoms with van der Waals surface area (Å²) in [7, 11) is 0. The second-order valence-corrected chi connectivity index (χ2v) is 4.22. The van der Waals surface area contributed by atoms with Crippen molar-refractivity contribution in [3.63, 3.8) is 0 Å². The van der Waals surface area contributed by atoms with E-state index < -0.39 is 29.5 Å². The molecule has 0 radical (unpaired) electrons. The summed E-state index contributed by atoms with van der Waals surface area (Å²) >= 11 is 0. The molecule has 0 saturated heterocycles. The first kappa shape index (κ1) is 16.6. The molecule has 0 aromatic rings. The lowest BCUT2D eigenvalue weighted by molar-refractivity contribution is -0.533. The largest absolute Gasteiger partial charge is 0.481 e. The van der Waals surface area contributed by atoms with Gasteiger partial charge in [0.2, 0.25) is 6.04 Å². The van der Waals surface area contributed by atoms with Gasteiger partial charge in [-0.05, 0) is 12.8 Å². The van der Waals surface area contributed by atoms with E-state index in [2.05, 4.69) is 6.92 Å². The predicted molar refractivity (Wildman–Crippen MR) is 66.9 cm³/mol. The Bertz CT molecular complexity index is 290. The Morgan fingerprint density at radius 3 is 2.56 bits per heavy atom. The number of nitrogens with zero attached hydrogens (tertiary/aromatic N) is 1. The standard InChI is InChI=1S/C12H21NO5/c1-2-3-4-5-6-7-8-10(13(17)18)11(14)9-12(15)16/h6-7,10-11,14H,2-5,8-9H2,1H3,(H,15,16). The van der Waals surface area contributed by atoms with Crippen LogP contribution in [0.2, 0.25) is 0 Å². The van der Waals surface area contributed by atoms with Crippen LogP contribution in [0.15, 0.2) is 12.2 Å². The van der Waals surface area contributed by atoms with Crippen LogP contribution in [0.5, 0.6) is 0 Å². The van der Waals surface area contributed by atoms with Gasteiger partial charge in [0.1, 0.15) is 6.10 Å². The van der Waals surface area contributed by atoms with Crippen molar-refractivity contribution in [1.82, 2.24) is 0 Å². The van der Waals surface area contributed by atoms with E-state index in [1.807, 2.05) is 6.08 Å². The highest BCUT2D eigenvalue weighted by atomic mass is 16.6. The molecule has 0 amide bonds. The summed E-state index contributed by atoms with van der Waals surface area (Å²) < 4.78 is 0. The zero-order valence-electron chi connectivity index (χ0n) is 10.6. The molecule has 0 aromatic heterocycles. The van der Waals surface area contributed by atoms with Crippen LogP contribution in [0.3, 0.4) is 0 Å². The van der Waals surface area contributed by atoms with Crippen LogP contribution in [0.4, 0.5) is 0 Å². The SMILES string of the molecule is CCCCCC=CCC(C(O)CC(=O)O)[N+](=O)[O-]. The molecule has 0 heterocycles. The monoisotopic (exact) mass is 259 g/mol. The molecule has 0 rings (SSSR count). The van der Waals surface area contributed by atoms with Crippen molar-refractivity contribution in [3.05, 3.63) is 22.3 Å². The van der Waals surface area contributed by atoms with Crippen molar-refractivity contribution in [1.29, 1.82) is 0 Å². The molecule has 2 atom stereocenters. The van der Waals surface area contributed by atoms with Crippen molar-refractivity contribution in [3.8, 4) is 0 Å². The van der Waals surface area contributed by atoms with Gasteiger partial charge in [-0.3, -0.25) is 14.9 Å². The molecule has 0 aliphatic heterocycles. The average molecular weight is 259 g/mol. The number of aliphatic carboxylic acids is 1. The predicted octanol–water partition coefficient (Wildman–Crippen LogP) is 1.99. The Labute approximate surface area is 106 Å². The van der Waals surface area contributed by atoms with E-state index in [0.29, 0.717) is 0 Å². The zero-order chi connectivity index (χ0) is 14.0. The van der Waals surface area contributed by atoms with Crippen molar-refractivity contribution >= 4 is 5.97 Å². The number of carboxylic acid groups (broad SMARTS) is 1. The number of hydrogen-bond acceptors (Lipinski definition) is 4. The Balaban J connectivity index is 4.12. The summed E-state index contributed by atoms with van der Waals surface area (Å²) in [4.78, 5) is 20.5. The molecule has 104 valence electrons. The van der Waals surface area contributed by atoms with Gasteiger partial charge in [-0.15, -0.1) is 0 Å². The van der Waals surface area contributed by atoms with Crippen molar-refractivity contribution < 1.29 is 19.9 Å². The van der Waals surface area contributed by atoms with E-state index in [-0.39, 0.29) is 6.42 Å². The summed E-state index contributed by atoms with van der Waals surface area (Å²) in [6.45, 7) is 2.09. The highest BCUT2D eigenvalue weighted by Crippen LogP contribution is 2.09. The number of carbonyl (C=O) groups is 1. The summed E-state index contributed by atoms with van der Waals surface area (Å²) in [5, 5.41) is 28.6. The molecule has 18 heavy (non-hydrogen) atoms. The number of carboxylic acids is 1. The Morgan fingerprint density at radius 1 is 1.39 bits per heavy atom. The molecule has 2 unspecified atom stereocenters. The third kappa shape index (κ3) is 7.78. The lowest BCUT2D eigenvalue weighted by atomic mass is 10.0. The molecule has 0 saturated carbocycles. The number of rotatable bonds is 10. The van der Waals surface area contributed by atoms with Crippen LogP contribution in [0.1, 0.15) is 45.4 Å². The topological polar surface area (TPSA) is 101 Å². The van der Waals surface area contributed by atoms with Gasteiger partial charge in [0.15, 0.2) is 0 Å². The minimum Gasteiger partial charge on any atom is -0.481 e. The number of allylic oxidation sites excluding steroid dienone is 1. The third-order valence-electron chi connectivity index (χ3n) is 2.62. The first-order valence-corrected chi connectivity index (χ1v) is 6.17. The highest BCUT2D eigenvalue weighted by molar-refractivity contribution is 5.67. The van der Waals surface area contributed by atoms with E-state index in [0.717, 1.165) is 25.7 Å². The molecule has 2 N–H and O–H groups in total. The van der Waals surface area contributed by atoms with Crippen LogP contribution in [0, 0.1) is 10.1 Å². The van der Waals surface area contributed by atoms with E-state index >= 15 is 0 Å². The Hall–Kier alpha value is -1.43. The number of aliphatic hydroxyl groups excluding tert-OH is 1. The summed E-state index contributed by atoms with van der Waals surface area (Å²) in [6.07, 6.45) is 5.63. The fraction of sp³-hybridized carbons (Fsp3) is 0.750. The van der Waals surface area contributed by atoms with Gasteiger partial charge >= 0.3 is 5.97 Å².